The molecule has 3 rings (SSSR count). The van der Waals surface area contributed by atoms with E-state index in [0.717, 1.165) is 21.4 Å². The number of hydrogen-bond acceptors (Lipinski definition) is 5. The van der Waals surface area contributed by atoms with Gasteiger partial charge in [-0.15, -0.1) is 11.3 Å². The van der Waals surface area contributed by atoms with E-state index in [1.807, 2.05) is 24.3 Å². The van der Waals surface area contributed by atoms with Crippen molar-refractivity contribution in [1.29, 1.82) is 0 Å². The van der Waals surface area contributed by atoms with E-state index >= 15 is 0 Å². The van der Waals surface area contributed by atoms with Crippen molar-refractivity contribution in [1.82, 2.24) is 4.98 Å². The third-order valence-corrected chi connectivity index (χ3v) is 6.78. The summed E-state index contributed by atoms with van der Waals surface area (Å²) >= 11 is 4.45. The van der Waals surface area contributed by atoms with Gasteiger partial charge in [0.05, 0.1) is 6.20 Å². The maximum Gasteiger partial charge on any atom is 0.273 e. The second kappa shape index (κ2) is 7.07. The average Bonchev–Trinajstić information content (AvgIpc) is 3.06. The van der Waals surface area contributed by atoms with Crippen LogP contribution in [0.5, 0.6) is 0 Å². The van der Waals surface area contributed by atoms with Crippen molar-refractivity contribution < 1.29 is 13.2 Å². The van der Waals surface area contributed by atoms with Crippen molar-refractivity contribution in [3.63, 3.8) is 0 Å². The third kappa shape index (κ3) is 4.15. The summed E-state index contributed by atoms with van der Waals surface area (Å²) in [6.45, 7) is 1.43. The molecule has 3 aromatic rings. The predicted molar refractivity (Wildman–Crippen MR) is 103 cm³/mol. The first kappa shape index (κ1) is 17.8. The fourth-order valence-corrected chi connectivity index (χ4v) is 4.57. The number of Topliss-reactive ketones (excluding diaryl/α,β-unsaturated/α-hetero) is 1. The van der Waals surface area contributed by atoms with Gasteiger partial charge in [-0.1, -0.05) is 40.2 Å². The van der Waals surface area contributed by atoms with Gasteiger partial charge >= 0.3 is 0 Å². The molecule has 0 aliphatic carbocycles. The number of aromatic nitrogens is 1. The van der Waals surface area contributed by atoms with E-state index in [4.69, 9.17) is 0 Å². The van der Waals surface area contributed by atoms with Crippen LogP contribution >= 0.6 is 27.3 Å². The van der Waals surface area contributed by atoms with E-state index in [1.54, 1.807) is 18.2 Å². The van der Waals surface area contributed by atoms with Gasteiger partial charge in [-0.25, -0.2) is 13.4 Å². The molecule has 0 aliphatic rings. The van der Waals surface area contributed by atoms with Gasteiger partial charge in [-0.2, -0.15) is 0 Å². The molecule has 25 heavy (non-hydrogen) atoms. The summed E-state index contributed by atoms with van der Waals surface area (Å²) < 4.78 is 28.6. The molecule has 5 nitrogen and oxygen atoms in total. The van der Waals surface area contributed by atoms with Crippen LogP contribution in [0.25, 0.3) is 10.6 Å². The van der Waals surface area contributed by atoms with Crippen LogP contribution in [-0.4, -0.2) is 19.2 Å². The number of sulfonamides is 1. The summed E-state index contributed by atoms with van der Waals surface area (Å²) in [6.07, 6.45) is 1.33. The molecule has 0 radical (unpaired) electrons. The zero-order valence-electron chi connectivity index (χ0n) is 13.1. The van der Waals surface area contributed by atoms with Crippen LogP contribution in [0.4, 0.5) is 5.69 Å². The summed E-state index contributed by atoms with van der Waals surface area (Å²) in [6, 6.07) is 13.9. The van der Waals surface area contributed by atoms with Gasteiger partial charge < -0.3 is 0 Å². The monoisotopic (exact) mass is 436 g/mol. The van der Waals surface area contributed by atoms with Crippen LogP contribution in [0.3, 0.4) is 0 Å². The van der Waals surface area contributed by atoms with Crippen molar-refractivity contribution in [3.8, 4) is 10.6 Å². The number of carbonyl (C=O) groups is 1. The molecule has 0 fully saturated rings. The SMILES string of the molecule is CC(=O)c1cccc(NS(=O)(=O)c2cnc(-c3ccc(Br)cc3)s2)c1. The molecule has 0 atom stereocenters. The number of rotatable bonds is 5. The zero-order chi connectivity index (χ0) is 18.0. The number of thiazole rings is 1. The van der Waals surface area contributed by atoms with Crippen LogP contribution in [-0.2, 0) is 10.0 Å². The minimum Gasteiger partial charge on any atom is -0.295 e. The van der Waals surface area contributed by atoms with Gasteiger partial charge in [0.1, 0.15) is 5.01 Å². The Kier molecular flexibility index (Phi) is 5.03. The average molecular weight is 437 g/mol. The number of carbonyl (C=O) groups excluding carboxylic acids is 1. The second-order valence-corrected chi connectivity index (χ2v) is 9.09. The quantitative estimate of drug-likeness (QED) is 0.593. The van der Waals surface area contributed by atoms with Crippen LogP contribution < -0.4 is 4.72 Å². The summed E-state index contributed by atoms with van der Waals surface area (Å²) in [7, 11) is -3.77. The molecular weight excluding hydrogens is 424 g/mol. The number of anilines is 1. The van der Waals surface area contributed by atoms with Crippen LogP contribution in [0.15, 0.2) is 63.4 Å². The lowest BCUT2D eigenvalue weighted by molar-refractivity contribution is 0.101. The van der Waals surface area contributed by atoms with Crippen LogP contribution in [0.1, 0.15) is 17.3 Å². The highest BCUT2D eigenvalue weighted by Crippen LogP contribution is 2.30. The molecule has 2 aromatic carbocycles. The minimum absolute atomic E-state index is 0.110. The van der Waals surface area contributed by atoms with Crippen LogP contribution in [0.2, 0.25) is 0 Å². The molecule has 0 spiro atoms. The molecule has 1 N–H and O–H groups in total. The highest BCUT2D eigenvalue weighted by Gasteiger charge is 2.19. The normalized spacial score (nSPS) is 11.3. The maximum atomic E-state index is 12.5. The molecule has 0 saturated carbocycles. The Bertz CT molecular complexity index is 1030. The third-order valence-electron chi connectivity index (χ3n) is 3.36. The van der Waals surface area contributed by atoms with E-state index in [-0.39, 0.29) is 9.99 Å². The molecule has 0 unspecified atom stereocenters. The van der Waals surface area contributed by atoms with E-state index in [2.05, 4.69) is 25.6 Å². The van der Waals surface area contributed by atoms with Crippen molar-refractivity contribution >= 4 is 48.8 Å². The molecule has 1 heterocycles. The zero-order valence-corrected chi connectivity index (χ0v) is 16.3. The van der Waals surface area contributed by atoms with E-state index < -0.39 is 10.0 Å². The van der Waals surface area contributed by atoms with Gasteiger partial charge in [-0.05, 0) is 31.2 Å². The number of ketones is 1. The number of halogens is 1. The Hall–Kier alpha value is -2.03. The minimum atomic E-state index is -3.77. The molecule has 0 amide bonds. The van der Waals surface area contributed by atoms with Gasteiger partial charge in [0, 0.05) is 21.3 Å². The topological polar surface area (TPSA) is 76.1 Å². The second-order valence-electron chi connectivity index (χ2n) is 5.23. The first-order valence-electron chi connectivity index (χ1n) is 7.21. The van der Waals surface area contributed by atoms with Gasteiger partial charge in [0.2, 0.25) is 0 Å². The smallest absolute Gasteiger partial charge is 0.273 e. The Morgan fingerprint density at radius 2 is 1.88 bits per heavy atom. The first-order chi connectivity index (χ1) is 11.8. The molecule has 1 aromatic heterocycles. The van der Waals surface area contributed by atoms with Crippen molar-refractivity contribution in [3.05, 3.63) is 64.8 Å². The van der Waals surface area contributed by atoms with E-state index in [1.165, 1.54) is 19.2 Å². The molecular formula is C17H13BrN2O3S2. The lowest BCUT2D eigenvalue weighted by Gasteiger charge is -2.06. The fraction of sp³-hybridized carbons (Fsp3) is 0.0588. The number of benzene rings is 2. The van der Waals surface area contributed by atoms with Gasteiger partial charge in [0.25, 0.3) is 10.0 Å². The largest absolute Gasteiger partial charge is 0.295 e. The van der Waals surface area contributed by atoms with Gasteiger partial charge in [0.15, 0.2) is 9.99 Å². The number of nitrogens with one attached hydrogen (secondary N) is 1. The molecule has 0 bridgehead atoms. The van der Waals surface area contributed by atoms with Gasteiger partial charge in [-0.3, -0.25) is 9.52 Å². The fourth-order valence-electron chi connectivity index (χ4n) is 2.12. The summed E-state index contributed by atoms with van der Waals surface area (Å²) in [5, 5.41) is 0.616. The Morgan fingerprint density at radius 3 is 2.56 bits per heavy atom. The molecule has 0 saturated heterocycles. The molecule has 0 aliphatic heterocycles. The Morgan fingerprint density at radius 1 is 1.16 bits per heavy atom. The molecule has 128 valence electrons. The highest BCUT2D eigenvalue weighted by atomic mass is 79.9. The Balaban J connectivity index is 1.87. The number of hydrogen-bond donors (Lipinski definition) is 1. The van der Waals surface area contributed by atoms with Crippen molar-refractivity contribution in [2.24, 2.45) is 0 Å². The maximum absolute atomic E-state index is 12.5. The summed E-state index contributed by atoms with van der Waals surface area (Å²) in [5.74, 6) is -0.128. The van der Waals surface area contributed by atoms with Crippen molar-refractivity contribution in [2.75, 3.05) is 4.72 Å². The standard InChI is InChI=1S/C17H13BrN2O3S2/c1-11(21)13-3-2-4-15(9-13)20-25(22,23)16-10-19-17(24-16)12-5-7-14(18)8-6-12/h2-10,20H,1H3. The summed E-state index contributed by atoms with van der Waals surface area (Å²) in [5.41, 5.74) is 1.62. The van der Waals surface area contributed by atoms with Crippen LogP contribution in [0, 0.1) is 0 Å². The van der Waals surface area contributed by atoms with E-state index in [9.17, 15) is 13.2 Å². The van der Waals surface area contributed by atoms with Crippen molar-refractivity contribution in [2.45, 2.75) is 11.1 Å². The highest BCUT2D eigenvalue weighted by molar-refractivity contribution is 9.10. The number of nitrogens with zero attached hydrogens (tertiary/aromatic N) is 1. The van der Waals surface area contributed by atoms with E-state index in [0.29, 0.717) is 16.3 Å². The lowest BCUT2D eigenvalue weighted by atomic mass is 10.1. The lowest BCUT2D eigenvalue weighted by Crippen LogP contribution is -2.11. The first-order valence-corrected chi connectivity index (χ1v) is 10.3. The summed E-state index contributed by atoms with van der Waals surface area (Å²) in [4.78, 5) is 15.6. The predicted octanol–water partition coefficient (Wildman–Crippen LogP) is 4.58. The molecule has 8 heteroatoms. The Labute approximate surface area is 157 Å².